The summed E-state index contributed by atoms with van der Waals surface area (Å²) >= 11 is 4.94. The molecule has 0 aliphatic heterocycles. The highest BCUT2D eigenvalue weighted by Gasteiger charge is 2.11. The fourth-order valence-electron chi connectivity index (χ4n) is 0.290. The van der Waals surface area contributed by atoms with Crippen molar-refractivity contribution in [2.45, 2.75) is 13.3 Å². The summed E-state index contributed by atoms with van der Waals surface area (Å²) in [5.41, 5.74) is 0. The van der Waals surface area contributed by atoms with E-state index >= 15 is 0 Å². The molecule has 8 heavy (non-hydrogen) atoms. The Labute approximate surface area is 52.8 Å². The third-order valence-electron chi connectivity index (χ3n) is 0.824. The zero-order chi connectivity index (χ0) is 6.57. The molecule has 0 aromatic carbocycles. The van der Waals surface area contributed by atoms with Gasteiger partial charge in [-0.3, -0.25) is 9.59 Å². The van der Waals surface area contributed by atoms with Gasteiger partial charge in [0.2, 0.25) is 11.5 Å². The summed E-state index contributed by atoms with van der Waals surface area (Å²) < 4.78 is 0. The number of halogens is 1. The van der Waals surface area contributed by atoms with Crippen molar-refractivity contribution in [1.82, 2.24) is 0 Å². The Bertz CT molecular complexity index is 101. The monoisotopic (exact) mass is 133 g/mol. The summed E-state index contributed by atoms with van der Waals surface area (Å²) in [6.07, 6.45) is 1.96. The summed E-state index contributed by atoms with van der Waals surface area (Å²) in [6, 6.07) is 0. The summed E-state index contributed by atoms with van der Waals surface area (Å²) in [4.78, 5) is 19.9. The van der Waals surface area contributed by atoms with Gasteiger partial charge in [-0.25, -0.2) is 0 Å². The van der Waals surface area contributed by atoms with E-state index in [0.29, 0.717) is 6.42 Å². The average molecular weight is 134 g/mol. The first-order valence-electron chi connectivity index (χ1n) is 2.29. The van der Waals surface area contributed by atoms with Crippen LogP contribution >= 0.6 is 11.6 Å². The standard InChI is InChI=1S/C5H6ClO2/c1-2-4(3-7)5(6)8/h4H,2H2,1H3. The zero-order valence-electron chi connectivity index (χ0n) is 4.48. The Morgan fingerprint density at radius 3 is 2.38 bits per heavy atom. The van der Waals surface area contributed by atoms with Crippen molar-refractivity contribution in [3.8, 4) is 0 Å². The largest absolute Gasteiger partial charge is 0.290 e. The molecule has 0 spiro atoms. The molecule has 0 saturated heterocycles. The summed E-state index contributed by atoms with van der Waals surface area (Å²) in [5.74, 6) is -0.725. The first-order chi connectivity index (χ1) is 3.72. The Morgan fingerprint density at radius 2 is 2.38 bits per heavy atom. The van der Waals surface area contributed by atoms with Gasteiger partial charge in [0, 0.05) is 0 Å². The van der Waals surface area contributed by atoms with Crippen molar-refractivity contribution in [3.63, 3.8) is 0 Å². The highest BCUT2D eigenvalue weighted by atomic mass is 35.5. The second kappa shape index (κ2) is 3.61. The number of hydrogen-bond donors (Lipinski definition) is 0. The number of carbonyl (C=O) groups excluding carboxylic acids is 2. The van der Waals surface area contributed by atoms with Crippen molar-refractivity contribution >= 4 is 23.1 Å². The van der Waals surface area contributed by atoms with Gasteiger partial charge >= 0.3 is 0 Å². The van der Waals surface area contributed by atoms with E-state index in [9.17, 15) is 9.59 Å². The topological polar surface area (TPSA) is 34.1 Å². The maximum Gasteiger partial charge on any atom is 0.232 e. The van der Waals surface area contributed by atoms with Crippen LogP contribution in [0.4, 0.5) is 0 Å². The number of rotatable bonds is 3. The number of carbonyl (C=O) groups is 1. The Hall–Kier alpha value is -0.370. The van der Waals surface area contributed by atoms with Crippen LogP contribution < -0.4 is 0 Å². The summed E-state index contributed by atoms with van der Waals surface area (Å²) in [5, 5.41) is -0.623. The van der Waals surface area contributed by atoms with E-state index in [1.807, 2.05) is 0 Å². The van der Waals surface area contributed by atoms with E-state index in [1.54, 1.807) is 6.92 Å². The molecule has 0 amide bonds. The average Bonchev–Trinajstić information content (AvgIpc) is 1.69. The molecule has 1 radical (unpaired) electrons. The maximum atomic E-state index is 10.1. The molecule has 0 saturated carbocycles. The SMILES string of the molecule is CCC([C]=O)C(=O)Cl. The molecule has 0 N–H and O–H groups in total. The van der Waals surface area contributed by atoms with Gasteiger partial charge in [-0.05, 0) is 18.0 Å². The van der Waals surface area contributed by atoms with E-state index < -0.39 is 11.2 Å². The minimum Gasteiger partial charge on any atom is -0.290 e. The molecule has 0 rings (SSSR count). The van der Waals surface area contributed by atoms with Crippen LogP contribution in [0.25, 0.3) is 0 Å². The highest BCUT2D eigenvalue weighted by Crippen LogP contribution is 2.01. The molecule has 2 nitrogen and oxygen atoms in total. The maximum absolute atomic E-state index is 10.1. The lowest BCUT2D eigenvalue weighted by Gasteiger charge is -1.93. The van der Waals surface area contributed by atoms with Crippen molar-refractivity contribution in [2.75, 3.05) is 0 Å². The van der Waals surface area contributed by atoms with Gasteiger partial charge in [-0.2, -0.15) is 0 Å². The Balaban J connectivity index is 3.69. The van der Waals surface area contributed by atoms with Gasteiger partial charge in [0.05, 0.1) is 5.92 Å². The lowest BCUT2D eigenvalue weighted by molar-refractivity contribution is -0.113. The molecule has 0 aromatic rings. The van der Waals surface area contributed by atoms with Gasteiger partial charge in [0.25, 0.3) is 0 Å². The molecule has 0 aliphatic rings. The normalized spacial score (nSPS) is 12.8. The van der Waals surface area contributed by atoms with Crippen LogP contribution in [0.1, 0.15) is 13.3 Å². The molecule has 1 atom stereocenters. The summed E-state index contributed by atoms with van der Waals surface area (Å²) in [7, 11) is 0. The second-order valence-corrected chi connectivity index (χ2v) is 1.76. The molecule has 0 aliphatic carbocycles. The second-order valence-electron chi connectivity index (χ2n) is 1.38. The molecule has 1 unspecified atom stereocenters. The lowest BCUT2D eigenvalue weighted by atomic mass is 10.1. The molecular formula is C5H6ClO2. The molecule has 0 heterocycles. The van der Waals surface area contributed by atoms with Gasteiger partial charge in [-0.1, -0.05) is 6.92 Å². The molecule has 45 valence electrons. The van der Waals surface area contributed by atoms with Gasteiger partial charge in [0.15, 0.2) is 0 Å². The smallest absolute Gasteiger partial charge is 0.232 e. The van der Waals surface area contributed by atoms with Gasteiger partial charge < -0.3 is 0 Å². The Morgan fingerprint density at radius 1 is 1.88 bits per heavy atom. The zero-order valence-corrected chi connectivity index (χ0v) is 5.23. The molecule has 0 bridgehead atoms. The predicted octanol–water partition coefficient (Wildman–Crippen LogP) is 0.888. The van der Waals surface area contributed by atoms with Crippen LogP contribution in [0.15, 0.2) is 0 Å². The number of hydrogen-bond acceptors (Lipinski definition) is 2. The van der Waals surface area contributed by atoms with Crippen LogP contribution in [-0.2, 0) is 9.59 Å². The van der Waals surface area contributed by atoms with Crippen molar-refractivity contribution in [1.29, 1.82) is 0 Å². The van der Waals surface area contributed by atoms with Crippen LogP contribution in [-0.4, -0.2) is 11.5 Å². The van der Waals surface area contributed by atoms with E-state index in [2.05, 4.69) is 0 Å². The fourth-order valence-corrected chi connectivity index (χ4v) is 0.489. The Kier molecular flexibility index (Phi) is 3.44. The van der Waals surface area contributed by atoms with E-state index in [1.165, 1.54) is 6.29 Å². The first kappa shape index (κ1) is 7.63. The van der Waals surface area contributed by atoms with E-state index in [4.69, 9.17) is 11.6 Å². The van der Waals surface area contributed by atoms with Crippen LogP contribution in [0, 0.1) is 5.92 Å². The molecule has 0 fully saturated rings. The van der Waals surface area contributed by atoms with Crippen LogP contribution in [0.3, 0.4) is 0 Å². The van der Waals surface area contributed by atoms with Gasteiger partial charge in [0.1, 0.15) is 0 Å². The summed E-state index contributed by atoms with van der Waals surface area (Å²) in [6.45, 7) is 1.70. The predicted molar refractivity (Wildman–Crippen MR) is 30.3 cm³/mol. The molecule has 3 heteroatoms. The highest BCUT2D eigenvalue weighted by molar-refractivity contribution is 6.65. The van der Waals surface area contributed by atoms with E-state index in [0.717, 1.165) is 0 Å². The van der Waals surface area contributed by atoms with Crippen molar-refractivity contribution in [2.24, 2.45) is 5.92 Å². The van der Waals surface area contributed by atoms with E-state index in [-0.39, 0.29) is 0 Å². The van der Waals surface area contributed by atoms with Crippen molar-refractivity contribution < 1.29 is 9.59 Å². The third-order valence-corrected chi connectivity index (χ3v) is 1.09. The minimum atomic E-state index is -0.725. The fraction of sp³-hybridized carbons (Fsp3) is 0.600. The minimum absolute atomic E-state index is 0.436. The third kappa shape index (κ3) is 2.07. The first-order valence-corrected chi connectivity index (χ1v) is 2.67. The van der Waals surface area contributed by atoms with Crippen LogP contribution in [0.2, 0.25) is 0 Å². The van der Waals surface area contributed by atoms with Crippen molar-refractivity contribution in [3.05, 3.63) is 0 Å². The molecular weight excluding hydrogens is 128 g/mol. The quantitative estimate of drug-likeness (QED) is 0.423. The van der Waals surface area contributed by atoms with Crippen LogP contribution in [0.5, 0.6) is 0 Å². The molecule has 0 aromatic heterocycles. The van der Waals surface area contributed by atoms with Gasteiger partial charge in [-0.15, -0.1) is 0 Å². The lowest BCUT2D eigenvalue weighted by Crippen LogP contribution is -2.07.